The highest BCUT2D eigenvalue weighted by atomic mass is 32.1. The van der Waals surface area contributed by atoms with Gasteiger partial charge in [0.15, 0.2) is 11.6 Å². The fourth-order valence-electron chi connectivity index (χ4n) is 3.00. The van der Waals surface area contributed by atoms with Crippen LogP contribution in [0.5, 0.6) is 0 Å². The number of aromatic nitrogens is 4. The molecule has 7 heteroatoms. The van der Waals surface area contributed by atoms with Crippen molar-refractivity contribution < 1.29 is 4.74 Å². The van der Waals surface area contributed by atoms with Crippen LogP contribution >= 0.6 is 11.3 Å². The molecule has 0 amide bonds. The summed E-state index contributed by atoms with van der Waals surface area (Å²) in [4.78, 5) is 24.4. The first-order valence-corrected chi connectivity index (χ1v) is 9.44. The number of benzene rings is 1. The maximum atomic E-state index is 12.5. The minimum atomic E-state index is -0.351. The van der Waals surface area contributed by atoms with Crippen LogP contribution in [0, 0.1) is 0 Å². The van der Waals surface area contributed by atoms with Crippen molar-refractivity contribution >= 4 is 21.6 Å². The van der Waals surface area contributed by atoms with E-state index in [0.29, 0.717) is 21.9 Å². The van der Waals surface area contributed by atoms with Gasteiger partial charge in [0.05, 0.1) is 11.1 Å². The molecule has 1 aromatic carbocycles. The largest absolute Gasteiger partial charge is 0.374 e. The molecule has 0 saturated carbocycles. The second kappa shape index (κ2) is 6.44. The molecule has 0 atom stereocenters. The summed E-state index contributed by atoms with van der Waals surface area (Å²) in [5.41, 5.74) is 3.24. The molecule has 0 fully saturated rings. The van der Waals surface area contributed by atoms with Crippen LogP contribution in [0.2, 0.25) is 0 Å². The summed E-state index contributed by atoms with van der Waals surface area (Å²) in [6.45, 7) is 4.06. The average molecular weight is 380 g/mol. The van der Waals surface area contributed by atoms with E-state index >= 15 is 0 Å². The van der Waals surface area contributed by atoms with Crippen molar-refractivity contribution in [3.8, 4) is 22.8 Å². The average Bonchev–Trinajstić information content (AvgIpc) is 3.28. The zero-order valence-electron chi connectivity index (χ0n) is 15.6. The lowest BCUT2D eigenvalue weighted by molar-refractivity contribution is 0.0192. The molecule has 0 unspecified atom stereocenters. The van der Waals surface area contributed by atoms with Crippen LogP contribution in [0.25, 0.3) is 33.0 Å². The molecule has 0 aliphatic heterocycles. The summed E-state index contributed by atoms with van der Waals surface area (Å²) in [7, 11) is 3.58. The number of hydrogen-bond acceptors (Lipinski definition) is 5. The van der Waals surface area contributed by atoms with Crippen LogP contribution in [0.3, 0.4) is 0 Å². The molecule has 0 aliphatic rings. The number of aromatic amines is 1. The van der Waals surface area contributed by atoms with E-state index in [2.05, 4.69) is 22.1 Å². The number of thiophene rings is 1. The molecular weight excluding hydrogens is 360 g/mol. The topological polar surface area (TPSA) is 72.8 Å². The van der Waals surface area contributed by atoms with Gasteiger partial charge in [-0.2, -0.15) is 0 Å². The van der Waals surface area contributed by atoms with Gasteiger partial charge in [-0.25, -0.2) is 9.97 Å². The van der Waals surface area contributed by atoms with E-state index < -0.39 is 0 Å². The van der Waals surface area contributed by atoms with Gasteiger partial charge >= 0.3 is 0 Å². The number of nitrogens with zero attached hydrogens (tertiary/aromatic N) is 3. The molecule has 0 aliphatic carbocycles. The summed E-state index contributed by atoms with van der Waals surface area (Å²) in [5.74, 6) is 1.10. The summed E-state index contributed by atoms with van der Waals surface area (Å²) >= 11 is 1.40. The molecule has 4 aromatic rings. The number of nitrogens with one attached hydrogen (secondary N) is 1. The zero-order chi connectivity index (χ0) is 19.2. The van der Waals surface area contributed by atoms with E-state index in [-0.39, 0.29) is 11.2 Å². The highest BCUT2D eigenvalue weighted by molar-refractivity contribution is 7.17. The molecule has 6 nitrogen and oxygen atoms in total. The van der Waals surface area contributed by atoms with Gasteiger partial charge in [-0.15, -0.1) is 11.3 Å². The van der Waals surface area contributed by atoms with Gasteiger partial charge in [-0.3, -0.25) is 4.79 Å². The lowest BCUT2D eigenvalue weighted by Gasteiger charge is -2.23. The Bertz CT molecular complexity index is 1170. The monoisotopic (exact) mass is 380 g/mol. The van der Waals surface area contributed by atoms with E-state index in [1.807, 2.05) is 49.2 Å². The molecule has 0 spiro atoms. The molecule has 0 bridgehead atoms. The van der Waals surface area contributed by atoms with Gasteiger partial charge in [-0.05, 0) is 25.0 Å². The number of aryl methyl sites for hydroxylation is 1. The Labute approximate surface area is 160 Å². The minimum absolute atomic E-state index is 0.147. The van der Waals surface area contributed by atoms with Crippen molar-refractivity contribution in [3.05, 3.63) is 58.0 Å². The van der Waals surface area contributed by atoms with Crippen molar-refractivity contribution in [3.63, 3.8) is 0 Å². The van der Waals surface area contributed by atoms with E-state index in [1.54, 1.807) is 13.3 Å². The standard InChI is InChI=1S/C20H20N4O2S/c1-20(2,26-4)13-7-5-12(6-8-13)14-11-27-16-15(14)22-17(23-19(16)25)18-21-9-10-24(18)3/h5-11H,1-4H3,(H,22,23,25). The lowest BCUT2D eigenvalue weighted by atomic mass is 9.95. The Balaban J connectivity index is 1.84. The zero-order valence-corrected chi connectivity index (χ0v) is 16.4. The normalized spacial score (nSPS) is 12.0. The third-order valence-electron chi connectivity index (χ3n) is 4.86. The SMILES string of the molecule is COC(C)(C)c1ccc(-c2csc3c(=O)[nH]c(-c4nccn4C)nc23)cc1. The third kappa shape index (κ3) is 2.98. The van der Waals surface area contributed by atoms with Gasteiger partial charge in [-0.1, -0.05) is 24.3 Å². The number of fused-ring (bicyclic) bond motifs is 1. The highest BCUT2D eigenvalue weighted by Crippen LogP contribution is 2.33. The maximum Gasteiger partial charge on any atom is 0.269 e. The molecule has 0 saturated heterocycles. The molecule has 3 heterocycles. The molecular formula is C20H20N4O2S. The Morgan fingerprint density at radius 2 is 1.96 bits per heavy atom. The molecule has 27 heavy (non-hydrogen) atoms. The Kier molecular flexibility index (Phi) is 4.20. The number of rotatable bonds is 4. The number of imidazole rings is 1. The molecule has 3 aromatic heterocycles. The second-order valence-electron chi connectivity index (χ2n) is 6.90. The van der Waals surface area contributed by atoms with Gasteiger partial charge in [0, 0.05) is 37.5 Å². The smallest absolute Gasteiger partial charge is 0.269 e. The van der Waals surface area contributed by atoms with Crippen LogP contribution in [-0.4, -0.2) is 26.6 Å². The third-order valence-corrected chi connectivity index (χ3v) is 5.83. The van der Waals surface area contributed by atoms with Gasteiger partial charge < -0.3 is 14.3 Å². The van der Waals surface area contributed by atoms with Gasteiger partial charge in [0.1, 0.15) is 4.70 Å². The summed E-state index contributed by atoms with van der Waals surface area (Å²) < 4.78 is 7.99. The fraction of sp³-hybridized carbons (Fsp3) is 0.250. The van der Waals surface area contributed by atoms with E-state index in [1.165, 1.54) is 11.3 Å². The lowest BCUT2D eigenvalue weighted by Crippen LogP contribution is -2.19. The van der Waals surface area contributed by atoms with Gasteiger partial charge in [0.25, 0.3) is 5.56 Å². The first-order chi connectivity index (χ1) is 12.9. The number of hydrogen-bond donors (Lipinski definition) is 1. The summed E-state index contributed by atoms with van der Waals surface area (Å²) in [6, 6.07) is 8.19. The van der Waals surface area contributed by atoms with Crippen molar-refractivity contribution in [2.24, 2.45) is 7.05 Å². The minimum Gasteiger partial charge on any atom is -0.374 e. The molecule has 4 rings (SSSR count). The van der Waals surface area contributed by atoms with Crippen molar-refractivity contribution in [1.29, 1.82) is 0 Å². The first-order valence-electron chi connectivity index (χ1n) is 8.56. The predicted molar refractivity (Wildman–Crippen MR) is 108 cm³/mol. The number of methoxy groups -OCH3 is 1. The van der Waals surface area contributed by atoms with Crippen molar-refractivity contribution in [1.82, 2.24) is 19.5 Å². The van der Waals surface area contributed by atoms with Crippen LogP contribution in [0.1, 0.15) is 19.4 Å². The van der Waals surface area contributed by atoms with Crippen LogP contribution in [0.4, 0.5) is 0 Å². The van der Waals surface area contributed by atoms with Crippen molar-refractivity contribution in [2.75, 3.05) is 7.11 Å². The number of H-pyrrole nitrogens is 1. The summed E-state index contributed by atoms with van der Waals surface area (Å²) in [6.07, 6.45) is 3.51. The molecule has 0 radical (unpaired) electrons. The summed E-state index contributed by atoms with van der Waals surface area (Å²) in [5, 5.41) is 1.98. The maximum absolute atomic E-state index is 12.5. The number of ether oxygens (including phenoxy) is 1. The highest BCUT2D eigenvalue weighted by Gasteiger charge is 2.20. The van der Waals surface area contributed by atoms with Crippen LogP contribution in [-0.2, 0) is 17.4 Å². The Hall–Kier alpha value is -2.77. The van der Waals surface area contributed by atoms with Crippen molar-refractivity contribution in [2.45, 2.75) is 19.4 Å². The Morgan fingerprint density at radius 3 is 2.59 bits per heavy atom. The van der Waals surface area contributed by atoms with Crippen LogP contribution < -0.4 is 5.56 Å². The van der Waals surface area contributed by atoms with E-state index in [4.69, 9.17) is 9.72 Å². The van der Waals surface area contributed by atoms with Crippen LogP contribution in [0.15, 0.2) is 46.8 Å². The second-order valence-corrected chi connectivity index (χ2v) is 7.77. The van der Waals surface area contributed by atoms with Gasteiger partial charge in [0.2, 0.25) is 0 Å². The predicted octanol–water partition coefficient (Wildman–Crippen LogP) is 3.93. The quantitative estimate of drug-likeness (QED) is 0.582. The molecule has 138 valence electrons. The molecule has 1 N–H and O–H groups in total. The Morgan fingerprint density at radius 1 is 1.22 bits per heavy atom. The van der Waals surface area contributed by atoms with E-state index in [9.17, 15) is 4.79 Å². The fourth-order valence-corrected chi connectivity index (χ4v) is 3.91. The van der Waals surface area contributed by atoms with E-state index in [0.717, 1.165) is 16.7 Å². The first kappa shape index (κ1) is 17.6.